The molecular weight excluding hydrogens is 254 g/mol. The van der Waals surface area contributed by atoms with E-state index in [-0.39, 0.29) is 6.04 Å². The minimum atomic E-state index is -0.721. The summed E-state index contributed by atoms with van der Waals surface area (Å²) in [4.78, 5) is 23.1. The molecule has 2 rings (SSSR count). The summed E-state index contributed by atoms with van der Waals surface area (Å²) in [6.45, 7) is 1.98. The van der Waals surface area contributed by atoms with E-state index in [4.69, 9.17) is 0 Å². The van der Waals surface area contributed by atoms with Crippen LogP contribution < -0.4 is 10.7 Å². The fourth-order valence-corrected chi connectivity index (χ4v) is 2.29. The highest BCUT2D eigenvalue weighted by molar-refractivity contribution is 6.35. The Morgan fingerprint density at radius 2 is 2.00 bits per heavy atom. The van der Waals surface area contributed by atoms with Crippen LogP contribution in [-0.4, -0.2) is 24.1 Å². The van der Waals surface area contributed by atoms with Gasteiger partial charge in [-0.15, -0.1) is 0 Å². The lowest BCUT2D eigenvalue weighted by Crippen LogP contribution is -2.42. The molecule has 1 aliphatic rings. The van der Waals surface area contributed by atoms with Gasteiger partial charge < -0.3 is 5.32 Å². The van der Waals surface area contributed by atoms with Gasteiger partial charge in [0, 0.05) is 6.04 Å². The number of carbonyl (C=O) groups excluding carboxylic acids is 2. The summed E-state index contributed by atoms with van der Waals surface area (Å²) in [6, 6.07) is 7.83. The van der Waals surface area contributed by atoms with Gasteiger partial charge >= 0.3 is 11.8 Å². The number of nitrogens with one attached hydrogen (secondary N) is 2. The van der Waals surface area contributed by atoms with Crippen LogP contribution in [0.1, 0.15) is 36.8 Å². The summed E-state index contributed by atoms with van der Waals surface area (Å²) >= 11 is 0. The SMILES string of the molecule is Cc1cccc(C=NNC(=O)C(=O)NC2CCCC2)c1. The van der Waals surface area contributed by atoms with Crippen LogP contribution in [0, 0.1) is 6.92 Å². The number of benzene rings is 1. The van der Waals surface area contributed by atoms with Crippen molar-refractivity contribution in [3.05, 3.63) is 35.4 Å². The molecular formula is C15H19N3O2. The highest BCUT2D eigenvalue weighted by atomic mass is 16.2. The van der Waals surface area contributed by atoms with E-state index in [0.29, 0.717) is 0 Å². The molecule has 0 radical (unpaired) electrons. The van der Waals surface area contributed by atoms with Crippen LogP contribution >= 0.6 is 0 Å². The lowest BCUT2D eigenvalue weighted by atomic mass is 10.2. The molecule has 0 unspecified atom stereocenters. The second-order valence-corrected chi connectivity index (χ2v) is 5.07. The fourth-order valence-electron chi connectivity index (χ4n) is 2.29. The van der Waals surface area contributed by atoms with E-state index in [0.717, 1.165) is 36.8 Å². The lowest BCUT2D eigenvalue weighted by Gasteiger charge is -2.10. The van der Waals surface area contributed by atoms with Crippen molar-refractivity contribution in [3.63, 3.8) is 0 Å². The standard InChI is InChI=1S/C15H19N3O2/c1-11-5-4-6-12(9-11)10-16-18-15(20)14(19)17-13-7-2-3-8-13/h4-6,9-10,13H,2-3,7-8H2,1H3,(H,17,19)(H,18,20). The van der Waals surface area contributed by atoms with Gasteiger partial charge in [0.2, 0.25) is 0 Å². The van der Waals surface area contributed by atoms with E-state index in [9.17, 15) is 9.59 Å². The van der Waals surface area contributed by atoms with Crippen LogP contribution in [0.4, 0.5) is 0 Å². The molecule has 5 heteroatoms. The molecule has 20 heavy (non-hydrogen) atoms. The highest BCUT2D eigenvalue weighted by Gasteiger charge is 2.20. The van der Waals surface area contributed by atoms with Gasteiger partial charge in [-0.3, -0.25) is 9.59 Å². The Morgan fingerprint density at radius 3 is 2.70 bits per heavy atom. The maximum atomic E-state index is 11.6. The molecule has 0 bridgehead atoms. The van der Waals surface area contributed by atoms with Crippen LogP contribution in [0.3, 0.4) is 0 Å². The summed E-state index contributed by atoms with van der Waals surface area (Å²) in [5.41, 5.74) is 4.23. The summed E-state index contributed by atoms with van der Waals surface area (Å²) in [5.74, 6) is -1.33. The molecule has 2 N–H and O–H groups in total. The van der Waals surface area contributed by atoms with E-state index in [2.05, 4.69) is 15.8 Å². The number of hydrogen-bond acceptors (Lipinski definition) is 3. The van der Waals surface area contributed by atoms with Crippen molar-refractivity contribution >= 4 is 18.0 Å². The van der Waals surface area contributed by atoms with Gasteiger partial charge in [0.1, 0.15) is 0 Å². The summed E-state index contributed by atoms with van der Waals surface area (Å²) < 4.78 is 0. The van der Waals surface area contributed by atoms with Gasteiger partial charge in [-0.2, -0.15) is 5.10 Å². The normalized spacial score (nSPS) is 15.4. The van der Waals surface area contributed by atoms with Gasteiger partial charge in [0.15, 0.2) is 0 Å². The first-order valence-corrected chi connectivity index (χ1v) is 6.86. The molecule has 1 fully saturated rings. The number of hydrogen-bond donors (Lipinski definition) is 2. The molecule has 1 aliphatic carbocycles. The number of rotatable bonds is 3. The monoisotopic (exact) mass is 273 g/mol. The zero-order chi connectivity index (χ0) is 14.4. The Bertz CT molecular complexity index is 520. The Kier molecular flexibility index (Phi) is 4.87. The summed E-state index contributed by atoms with van der Waals surface area (Å²) in [6.07, 6.45) is 5.64. The number of nitrogens with zero attached hydrogens (tertiary/aromatic N) is 1. The molecule has 2 amide bonds. The molecule has 1 aromatic rings. The van der Waals surface area contributed by atoms with Crippen molar-refractivity contribution < 1.29 is 9.59 Å². The quantitative estimate of drug-likeness (QED) is 0.498. The molecule has 0 spiro atoms. The van der Waals surface area contributed by atoms with Gasteiger partial charge in [-0.25, -0.2) is 5.43 Å². The maximum absolute atomic E-state index is 11.6. The minimum Gasteiger partial charge on any atom is -0.345 e. The van der Waals surface area contributed by atoms with Crippen LogP contribution in [0.2, 0.25) is 0 Å². The molecule has 1 saturated carbocycles. The molecule has 5 nitrogen and oxygen atoms in total. The first kappa shape index (κ1) is 14.2. The van der Waals surface area contributed by atoms with E-state index in [1.807, 2.05) is 31.2 Å². The van der Waals surface area contributed by atoms with E-state index in [1.54, 1.807) is 0 Å². The predicted molar refractivity (Wildman–Crippen MR) is 77.3 cm³/mol. The average molecular weight is 273 g/mol. The molecule has 0 aliphatic heterocycles. The summed E-state index contributed by atoms with van der Waals surface area (Å²) in [5, 5.41) is 6.50. The molecule has 0 saturated heterocycles. The number of hydrazone groups is 1. The van der Waals surface area contributed by atoms with Crippen LogP contribution in [-0.2, 0) is 9.59 Å². The van der Waals surface area contributed by atoms with E-state index < -0.39 is 11.8 Å². The van der Waals surface area contributed by atoms with Crippen molar-refractivity contribution in [1.82, 2.24) is 10.7 Å². The van der Waals surface area contributed by atoms with Gasteiger partial charge in [0.05, 0.1) is 6.21 Å². The topological polar surface area (TPSA) is 70.6 Å². The second kappa shape index (κ2) is 6.84. The first-order chi connectivity index (χ1) is 9.65. The maximum Gasteiger partial charge on any atom is 0.329 e. The Morgan fingerprint density at radius 1 is 1.25 bits per heavy atom. The minimum absolute atomic E-state index is 0.133. The smallest absolute Gasteiger partial charge is 0.329 e. The summed E-state index contributed by atoms with van der Waals surface area (Å²) in [7, 11) is 0. The number of amides is 2. The Hall–Kier alpha value is -2.17. The number of aryl methyl sites for hydroxylation is 1. The van der Waals surface area contributed by atoms with Crippen molar-refractivity contribution in [3.8, 4) is 0 Å². The van der Waals surface area contributed by atoms with Gasteiger partial charge in [0.25, 0.3) is 0 Å². The van der Waals surface area contributed by atoms with Gasteiger partial charge in [-0.1, -0.05) is 42.7 Å². The highest BCUT2D eigenvalue weighted by Crippen LogP contribution is 2.17. The fraction of sp³-hybridized carbons (Fsp3) is 0.400. The third-order valence-corrected chi connectivity index (χ3v) is 3.32. The van der Waals surface area contributed by atoms with E-state index >= 15 is 0 Å². The largest absolute Gasteiger partial charge is 0.345 e. The third-order valence-electron chi connectivity index (χ3n) is 3.32. The van der Waals surface area contributed by atoms with Crippen molar-refractivity contribution in [2.75, 3.05) is 0 Å². The van der Waals surface area contributed by atoms with E-state index in [1.165, 1.54) is 6.21 Å². The predicted octanol–water partition coefficient (Wildman–Crippen LogP) is 1.50. The molecule has 0 atom stereocenters. The zero-order valence-corrected chi connectivity index (χ0v) is 11.6. The number of carbonyl (C=O) groups is 2. The van der Waals surface area contributed by atoms with Gasteiger partial charge in [-0.05, 0) is 25.3 Å². The van der Waals surface area contributed by atoms with Crippen LogP contribution in [0.15, 0.2) is 29.4 Å². The lowest BCUT2D eigenvalue weighted by molar-refractivity contribution is -0.139. The van der Waals surface area contributed by atoms with Crippen LogP contribution in [0.5, 0.6) is 0 Å². The third kappa shape index (κ3) is 4.19. The molecule has 0 heterocycles. The zero-order valence-electron chi connectivity index (χ0n) is 11.6. The first-order valence-electron chi connectivity index (χ1n) is 6.86. The van der Waals surface area contributed by atoms with Crippen molar-refractivity contribution in [2.45, 2.75) is 38.6 Å². The Labute approximate surface area is 118 Å². The van der Waals surface area contributed by atoms with Crippen LogP contribution in [0.25, 0.3) is 0 Å². The Balaban J connectivity index is 1.80. The van der Waals surface area contributed by atoms with Crippen molar-refractivity contribution in [1.29, 1.82) is 0 Å². The molecule has 1 aromatic carbocycles. The second-order valence-electron chi connectivity index (χ2n) is 5.07. The molecule has 106 valence electrons. The average Bonchev–Trinajstić information content (AvgIpc) is 2.91. The van der Waals surface area contributed by atoms with Crippen molar-refractivity contribution in [2.24, 2.45) is 5.10 Å². The molecule has 0 aromatic heterocycles.